The zero-order valence-electron chi connectivity index (χ0n) is 20.3. The number of aryl methyl sites for hydroxylation is 1. The van der Waals surface area contributed by atoms with Gasteiger partial charge < -0.3 is 26.0 Å². The zero-order chi connectivity index (χ0) is 24.9. The number of aromatic hydroxyl groups is 1. The summed E-state index contributed by atoms with van der Waals surface area (Å²) in [6.45, 7) is 2.16. The van der Waals surface area contributed by atoms with Crippen molar-refractivity contribution in [1.29, 1.82) is 0 Å². The van der Waals surface area contributed by atoms with E-state index in [-0.39, 0.29) is 29.5 Å². The summed E-state index contributed by atoms with van der Waals surface area (Å²) < 4.78 is 0. The Bertz CT molecular complexity index is 1070. The molecule has 1 aliphatic carbocycles. The number of hydrogen-bond acceptors (Lipinski definition) is 5. The van der Waals surface area contributed by atoms with Gasteiger partial charge in [0.25, 0.3) is 0 Å². The first kappa shape index (κ1) is 24.7. The average Bonchev–Trinajstić information content (AvgIpc) is 3.37. The molecule has 8 nitrogen and oxygen atoms in total. The van der Waals surface area contributed by atoms with Crippen LogP contribution in [0.15, 0.2) is 48.5 Å². The van der Waals surface area contributed by atoms with Crippen LogP contribution in [-0.2, 0) is 20.8 Å². The largest absolute Gasteiger partial charge is 0.508 e. The smallest absolute Gasteiger partial charge is 0.250 e. The van der Waals surface area contributed by atoms with Gasteiger partial charge in [-0.15, -0.1) is 0 Å². The van der Waals surface area contributed by atoms with Gasteiger partial charge in [0.15, 0.2) is 0 Å². The van der Waals surface area contributed by atoms with Gasteiger partial charge in [-0.25, -0.2) is 0 Å². The number of carbonyl (C=O) groups is 3. The molecule has 4 rings (SSSR count). The first-order chi connectivity index (χ1) is 16.9. The van der Waals surface area contributed by atoms with Crippen LogP contribution in [0.5, 0.6) is 5.75 Å². The Kier molecular flexibility index (Phi) is 7.70. The van der Waals surface area contributed by atoms with Gasteiger partial charge in [-0.2, -0.15) is 0 Å². The number of carbonyl (C=O) groups excluding carboxylic acids is 3. The second-order valence-electron chi connectivity index (χ2n) is 9.39. The van der Waals surface area contributed by atoms with E-state index in [1.165, 1.54) is 17.7 Å². The molecule has 1 aliphatic heterocycles. The average molecular weight is 479 g/mol. The molecule has 1 heterocycles. The lowest BCUT2D eigenvalue weighted by Crippen LogP contribution is -2.52. The van der Waals surface area contributed by atoms with Crippen LogP contribution in [0.4, 0.5) is 0 Å². The van der Waals surface area contributed by atoms with Crippen LogP contribution in [-0.4, -0.2) is 53.4 Å². The van der Waals surface area contributed by atoms with E-state index in [1.54, 1.807) is 31.0 Å². The lowest BCUT2D eigenvalue weighted by molar-refractivity contribution is -0.142. The maximum Gasteiger partial charge on any atom is 0.250 e. The van der Waals surface area contributed by atoms with Crippen molar-refractivity contribution in [2.45, 2.75) is 63.2 Å². The predicted molar refractivity (Wildman–Crippen MR) is 133 cm³/mol. The van der Waals surface area contributed by atoms with Crippen molar-refractivity contribution in [3.8, 4) is 5.75 Å². The summed E-state index contributed by atoms with van der Waals surface area (Å²) in [4.78, 5) is 41.4. The lowest BCUT2D eigenvalue weighted by Gasteiger charge is -2.32. The Morgan fingerprint density at radius 1 is 1.03 bits per heavy atom. The third-order valence-electron chi connectivity index (χ3n) is 7.11. The first-order valence-electron chi connectivity index (χ1n) is 12.3. The van der Waals surface area contributed by atoms with Crippen molar-refractivity contribution in [2.24, 2.45) is 0 Å². The molecular weight excluding hydrogens is 444 g/mol. The van der Waals surface area contributed by atoms with Crippen molar-refractivity contribution >= 4 is 17.7 Å². The van der Waals surface area contributed by atoms with Crippen LogP contribution >= 0.6 is 0 Å². The highest BCUT2D eigenvalue weighted by atomic mass is 16.3. The Labute approximate surface area is 206 Å². The van der Waals surface area contributed by atoms with E-state index in [0.717, 1.165) is 24.8 Å². The highest BCUT2D eigenvalue weighted by molar-refractivity contribution is 5.94. The normalized spacial score (nSPS) is 21.0. The molecule has 186 valence electrons. The fourth-order valence-electron chi connectivity index (χ4n) is 4.99. The Balaban J connectivity index is 1.53. The van der Waals surface area contributed by atoms with Crippen molar-refractivity contribution in [1.82, 2.24) is 20.9 Å². The highest BCUT2D eigenvalue weighted by Crippen LogP contribution is 2.31. The van der Waals surface area contributed by atoms with Gasteiger partial charge in [0.05, 0.1) is 12.1 Å². The molecule has 3 amide bonds. The standard InChI is InChI=1S/C27H34N4O4/c1-17(28-2)25(33)30-24(19-12-14-20(32)15-13-19)27(35)31-16-6-11-23(31)26(34)29-22-10-5-8-18-7-3-4-9-21(18)22/h3-4,7,9,12-15,17,22-24,28,32H,5-6,8,10-11,16H2,1-2H3,(H,29,34)(H,30,33)/t17-,22+,23-,24-/m0/s1. The molecule has 2 aliphatic rings. The molecule has 2 aromatic carbocycles. The minimum atomic E-state index is -0.956. The number of likely N-dealkylation sites (N-methyl/N-ethyl adjacent to an activating group) is 1. The van der Waals surface area contributed by atoms with Crippen molar-refractivity contribution in [3.63, 3.8) is 0 Å². The highest BCUT2D eigenvalue weighted by Gasteiger charge is 2.39. The molecule has 0 saturated carbocycles. The summed E-state index contributed by atoms with van der Waals surface area (Å²) in [7, 11) is 1.67. The summed E-state index contributed by atoms with van der Waals surface area (Å²) in [6, 6.07) is 12.3. The third kappa shape index (κ3) is 5.48. The molecule has 0 bridgehead atoms. The number of phenolic OH excluding ortho intramolecular Hbond substituents is 1. The molecule has 0 spiro atoms. The molecule has 2 aromatic rings. The van der Waals surface area contributed by atoms with Gasteiger partial charge in [0.2, 0.25) is 17.7 Å². The lowest BCUT2D eigenvalue weighted by atomic mass is 9.87. The number of phenols is 1. The molecule has 4 atom stereocenters. The topological polar surface area (TPSA) is 111 Å². The third-order valence-corrected chi connectivity index (χ3v) is 7.11. The minimum absolute atomic E-state index is 0.0610. The fraction of sp³-hybridized carbons (Fsp3) is 0.444. The number of hydrogen-bond donors (Lipinski definition) is 4. The summed E-state index contributed by atoms with van der Waals surface area (Å²) in [5, 5.41) is 18.6. The number of amides is 3. The van der Waals surface area contributed by atoms with E-state index < -0.39 is 18.1 Å². The zero-order valence-corrected chi connectivity index (χ0v) is 20.3. The van der Waals surface area contributed by atoms with Crippen LogP contribution in [0.25, 0.3) is 0 Å². The molecule has 4 N–H and O–H groups in total. The first-order valence-corrected chi connectivity index (χ1v) is 12.3. The van der Waals surface area contributed by atoms with Crippen molar-refractivity contribution < 1.29 is 19.5 Å². The number of likely N-dealkylation sites (tertiary alicyclic amines) is 1. The van der Waals surface area contributed by atoms with E-state index in [2.05, 4.69) is 28.1 Å². The number of nitrogens with one attached hydrogen (secondary N) is 3. The second kappa shape index (κ2) is 10.9. The van der Waals surface area contributed by atoms with Gasteiger partial charge in [-0.05, 0) is 74.9 Å². The fourth-order valence-corrected chi connectivity index (χ4v) is 4.99. The van der Waals surface area contributed by atoms with Crippen molar-refractivity contribution in [2.75, 3.05) is 13.6 Å². The summed E-state index contributed by atoms with van der Waals surface area (Å²) in [6.07, 6.45) is 4.18. The Morgan fingerprint density at radius 3 is 2.51 bits per heavy atom. The minimum Gasteiger partial charge on any atom is -0.508 e. The van der Waals surface area contributed by atoms with Gasteiger partial charge >= 0.3 is 0 Å². The van der Waals surface area contributed by atoms with Crippen LogP contribution in [0.2, 0.25) is 0 Å². The molecular formula is C27H34N4O4. The Morgan fingerprint density at radius 2 is 1.77 bits per heavy atom. The second-order valence-corrected chi connectivity index (χ2v) is 9.39. The SMILES string of the molecule is CN[C@@H](C)C(=O)N[C@H](C(=O)N1CCC[C@H]1C(=O)N[C@@H]1CCCc2ccccc21)c1ccc(O)cc1. The van der Waals surface area contributed by atoms with E-state index in [4.69, 9.17) is 0 Å². The van der Waals surface area contributed by atoms with E-state index in [9.17, 15) is 19.5 Å². The molecule has 1 fully saturated rings. The van der Waals surface area contributed by atoms with Crippen LogP contribution < -0.4 is 16.0 Å². The van der Waals surface area contributed by atoms with Crippen LogP contribution in [0.3, 0.4) is 0 Å². The number of benzene rings is 2. The maximum atomic E-state index is 13.7. The molecule has 0 unspecified atom stereocenters. The predicted octanol–water partition coefficient (Wildman–Crippen LogP) is 2.34. The van der Waals surface area contributed by atoms with Gasteiger partial charge in [0, 0.05) is 6.54 Å². The van der Waals surface area contributed by atoms with Crippen LogP contribution in [0, 0.1) is 0 Å². The quantitative estimate of drug-likeness (QED) is 0.488. The van der Waals surface area contributed by atoms with Gasteiger partial charge in [0.1, 0.15) is 17.8 Å². The summed E-state index contributed by atoms with van der Waals surface area (Å²) in [5.41, 5.74) is 2.96. The summed E-state index contributed by atoms with van der Waals surface area (Å²) >= 11 is 0. The van der Waals surface area contributed by atoms with E-state index >= 15 is 0 Å². The number of rotatable bonds is 7. The monoisotopic (exact) mass is 478 g/mol. The maximum absolute atomic E-state index is 13.7. The molecule has 35 heavy (non-hydrogen) atoms. The molecule has 1 saturated heterocycles. The van der Waals surface area contributed by atoms with Gasteiger partial charge in [-0.1, -0.05) is 36.4 Å². The molecule has 0 aromatic heterocycles. The number of fused-ring (bicyclic) bond motifs is 1. The van der Waals surface area contributed by atoms with E-state index in [1.807, 2.05) is 12.1 Å². The summed E-state index contributed by atoms with van der Waals surface area (Å²) in [5.74, 6) is -0.732. The van der Waals surface area contributed by atoms with Gasteiger partial charge in [-0.3, -0.25) is 14.4 Å². The molecule has 0 radical (unpaired) electrons. The van der Waals surface area contributed by atoms with Crippen LogP contribution in [0.1, 0.15) is 61.4 Å². The number of nitrogens with zero attached hydrogens (tertiary/aromatic N) is 1. The Hall–Kier alpha value is -3.39. The van der Waals surface area contributed by atoms with Crippen molar-refractivity contribution in [3.05, 3.63) is 65.2 Å². The van der Waals surface area contributed by atoms with E-state index in [0.29, 0.717) is 24.9 Å². The molecule has 8 heteroatoms.